The van der Waals surface area contributed by atoms with Gasteiger partial charge in [0.2, 0.25) is 0 Å². The van der Waals surface area contributed by atoms with E-state index in [-0.39, 0.29) is 5.56 Å². The van der Waals surface area contributed by atoms with Crippen molar-refractivity contribution in [3.05, 3.63) is 61.4 Å². The van der Waals surface area contributed by atoms with E-state index in [4.69, 9.17) is 34.8 Å². The molecule has 0 unspecified atom stereocenters. The van der Waals surface area contributed by atoms with Gasteiger partial charge in [0.05, 0.1) is 16.6 Å². The van der Waals surface area contributed by atoms with Gasteiger partial charge in [-0.1, -0.05) is 40.9 Å². The van der Waals surface area contributed by atoms with Crippen molar-refractivity contribution in [3.63, 3.8) is 0 Å². The number of anilines is 1. The third-order valence-corrected chi connectivity index (χ3v) is 4.26. The minimum atomic E-state index is -0.177. The molecule has 108 valence electrons. The fraction of sp³-hybridized carbons (Fsp3) is 0.143. The van der Waals surface area contributed by atoms with Gasteiger partial charge in [0.25, 0.3) is 5.56 Å². The molecule has 2 aromatic rings. The quantitative estimate of drug-likeness (QED) is 0.891. The summed E-state index contributed by atoms with van der Waals surface area (Å²) in [5, 5.41) is 4.50. The lowest BCUT2D eigenvalue weighted by atomic mass is 10.1. The van der Waals surface area contributed by atoms with Crippen molar-refractivity contribution in [2.75, 3.05) is 5.32 Å². The molecular formula is C14H10Cl3N3O. The molecule has 2 heterocycles. The Morgan fingerprint density at radius 1 is 1.19 bits per heavy atom. The van der Waals surface area contributed by atoms with Crippen molar-refractivity contribution in [3.8, 4) is 0 Å². The summed E-state index contributed by atoms with van der Waals surface area (Å²) in [7, 11) is 0. The average Bonchev–Trinajstić information content (AvgIpc) is 2.83. The molecule has 0 amide bonds. The molecule has 0 saturated heterocycles. The lowest BCUT2D eigenvalue weighted by molar-refractivity contribution is 1.03. The molecule has 0 saturated carbocycles. The van der Waals surface area contributed by atoms with E-state index in [9.17, 15) is 4.79 Å². The number of hydrogen-bond donors (Lipinski definition) is 2. The number of H-pyrrole nitrogens is 1. The number of pyridine rings is 1. The summed E-state index contributed by atoms with van der Waals surface area (Å²) in [6.45, 7) is 0.830. The van der Waals surface area contributed by atoms with Crippen LogP contribution in [0.25, 0.3) is 0 Å². The summed E-state index contributed by atoms with van der Waals surface area (Å²) in [4.78, 5) is 18.7. The van der Waals surface area contributed by atoms with E-state index in [0.717, 1.165) is 5.56 Å². The number of aliphatic imine (C=N–C) groups is 1. The monoisotopic (exact) mass is 341 g/mol. The lowest BCUT2D eigenvalue weighted by Crippen LogP contribution is -2.16. The summed E-state index contributed by atoms with van der Waals surface area (Å²) >= 11 is 17.8. The van der Waals surface area contributed by atoms with Crippen LogP contribution in [0.1, 0.15) is 16.7 Å². The molecule has 7 heteroatoms. The number of nitrogens with zero attached hydrogens (tertiary/aromatic N) is 1. The molecule has 0 spiro atoms. The first kappa shape index (κ1) is 14.4. The molecule has 4 nitrogen and oxygen atoms in total. The van der Waals surface area contributed by atoms with Gasteiger partial charge in [-0.2, -0.15) is 0 Å². The van der Waals surface area contributed by atoms with Crippen molar-refractivity contribution in [1.82, 2.24) is 4.98 Å². The van der Waals surface area contributed by atoms with E-state index in [1.54, 1.807) is 18.2 Å². The summed E-state index contributed by atoms with van der Waals surface area (Å²) < 4.78 is 0. The Balaban J connectivity index is 1.81. The predicted octanol–water partition coefficient (Wildman–Crippen LogP) is 3.79. The van der Waals surface area contributed by atoms with Gasteiger partial charge in [-0.3, -0.25) is 9.79 Å². The van der Waals surface area contributed by atoms with Crippen LogP contribution < -0.4 is 10.9 Å². The molecule has 2 N–H and O–H groups in total. The molecule has 21 heavy (non-hydrogen) atoms. The molecule has 0 radical (unpaired) electrons. The Bertz CT molecular complexity index is 799. The van der Waals surface area contributed by atoms with Gasteiger partial charge in [0.15, 0.2) is 0 Å². The van der Waals surface area contributed by atoms with E-state index >= 15 is 0 Å². The van der Waals surface area contributed by atoms with Crippen LogP contribution in [-0.2, 0) is 13.1 Å². The first-order chi connectivity index (χ1) is 10.0. The number of hydrogen-bond acceptors (Lipinski definition) is 3. The number of benzene rings is 1. The van der Waals surface area contributed by atoms with Crippen LogP contribution in [0.2, 0.25) is 10.0 Å². The average molecular weight is 343 g/mol. The van der Waals surface area contributed by atoms with Crippen molar-refractivity contribution >= 4 is 45.8 Å². The highest BCUT2D eigenvalue weighted by Gasteiger charge is 2.18. The zero-order chi connectivity index (χ0) is 15.0. The standard InChI is InChI=1S/C14H10Cl3N3O/c15-10-2-1-7(3-11(10)16)5-18-12-4-8-9(14(21)20-12)6-19-13(8)17/h1-4H,5-6H2,(H2,18,20,21). The zero-order valence-electron chi connectivity index (χ0n) is 10.7. The Morgan fingerprint density at radius 3 is 2.76 bits per heavy atom. The van der Waals surface area contributed by atoms with E-state index in [2.05, 4.69) is 15.3 Å². The van der Waals surface area contributed by atoms with Gasteiger partial charge < -0.3 is 10.3 Å². The maximum atomic E-state index is 11.9. The van der Waals surface area contributed by atoms with E-state index in [1.165, 1.54) is 0 Å². The van der Waals surface area contributed by atoms with Gasteiger partial charge in [-0.15, -0.1) is 0 Å². The predicted molar refractivity (Wildman–Crippen MR) is 86.9 cm³/mol. The Morgan fingerprint density at radius 2 is 2.00 bits per heavy atom. The SMILES string of the molecule is O=c1[nH]c(NCc2ccc(Cl)c(Cl)c2)cc2c1CN=C2Cl. The molecule has 0 bridgehead atoms. The number of nitrogens with one attached hydrogen (secondary N) is 2. The molecule has 1 aromatic heterocycles. The number of aromatic nitrogens is 1. The first-order valence-electron chi connectivity index (χ1n) is 6.19. The van der Waals surface area contributed by atoms with Gasteiger partial charge in [0, 0.05) is 17.7 Å². The summed E-state index contributed by atoms with van der Waals surface area (Å²) in [6, 6.07) is 7.15. The van der Waals surface area contributed by atoms with E-state index in [1.807, 2.05) is 6.07 Å². The normalized spacial score (nSPS) is 13.0. The molecule has 1 aliphatic rings. The van der Waals surface area contributed by atoms with Crippen molar-refractivity contribution < 1.29 is 0 Å². The zero-order valence-corrected chi connectivity index (χ0v) is 13.0. The van der Waals surface area contributed by atoms with Crippen LogP contribution in [-0.4, -0.2) is 10.2 Å². The van der Waals surface area contributed by atoms with Crippen LogP contribution in [0, 0.1) is 0 Å². The van der Waals surface area contributed by atoms with Crippen molar-refractivity contribution in [1.29, 1.82) is 0 Å². The van der Waals surface area contributed by atoms with Crippen LogP contribution in [0.15, 0.2) is 34.1 Å². The summed E-state index contributed by atoms with van der Waals surface area (Å²) in [5.74, 6) is 0.583. The molecule has 0 fully saturated rings. The van der Waals surface area contributed by atoms with Crippen LogP contribution in [0.5, 0.6) is 0 Å². The number of fused-ring (bicyclic) bond motifs is 1. The number of aromatic amines is 1. The van der Waals surface area contributed by atoms with E-state index < -0.39 is 0 Å². The lowest BCUT2D eigenvalue weighted by Gasteiger charge is -2.09. The van der Waals surface area contributed by atoms with E-state index in [0.29, 0.717) is 45.3 Å². The Kier molecular flexibility index (Phi) is 3.93. The van der Waals surface area contributed by atoms with Crippen LogP contribution in [0.4, 0.5) is 5.82 Å². The van der Waals surface area contributed by atoms with Crippen LogP contribution in [0.3, 0.4) is 0 Å². The van der Waals surface area contributed by atoms with Gasteiger partial charge >= 0.3 is 0 Å². The number of rotatable bonds is 3. The van der Waals surface area contributed by atoms with Crippen LogP contribution >= 0.6 is 34.8 Å². The highest BCUT2D eigenvalue weighted by molar-refractivity contribution is 6.70. The molecule has 1 aromatic carbocycles. The molecule has 1 aliphatic heterocycles. The van der Waals surface area contributed by atoms with Gasteiger partial charge in [0.1, 0.15) is 11.0 Å². The second-order valence-electron chi connectivity index (χ2n) is 4.61. The Labute approximate surface area is 135 Å². The highest BCUT2D eigenvalue weighted by Crippen LogP contribution is 2.23. The third-order valence-electron chi connectivity index (χ3n) is 3.20. The summed E-state index contributed by atoms with van der Waals surface area (Å²) in [5.41, 5.74) is 2.05. The van der Waals surface area contributed by atoms with Crippen molar-refractivity contribution in [2.45, 2.75) is 13.1 Å². The maximum absolute atomic E-state index is 11.9. The topological polar surface area (TPSA) is 57.2 Å². The molecule has 0 atom stereocenters. The second kappa shape index (κ2) is 5.72. The minimum absolute atomic E-state index is 0.177. The molecule has 0 aliphatic carbocycles. The van der Waals surface area contributed by atoms with Gasteiger partial charge in [-0.25, -0.2) is 0 Å². The number of halogens is 3. The van der Waals surface area contributed by atoms with Crippen molar-refractivity contribution in [2.24, 2.45) is 4.99 Å². The first-order valence-corrected chi connectivity index (χ1v) is 7.32. The molecule has 3 rings (SSSR count). The minimum Gasteiger partial charge on any atom is -0.367 e. The fourth-order valence-corrected chi connectivity index (χ4v) is 2.65. The third kappa shape index (κ3) is 2.93. The maximum Gasteiger partial charge on any atom is 0.255 e. The highest BCUT2D eigenvalue weighted by atomic mass is 35.5. The fourth-order valence-electron chi connectivity index (χ4n) is 2.10. The molecular weight excluding hydrogens is 333 g/mol. The Hall–Kier alpha value is -1.49. The smallest absolute Gasteiger partial charge is 0.255 e. The largest absolute Gasteiger partial charge is 0.367 e. The van der Waals surface area contributed by atoms with Gasteiger partial charge in [-0.05, 0) is 23.8 Å². The second-order valence-corrected chi connectivity index (χ2v) is 5.79. The summed E-state index contributed by atoms with van der Waals surface area (Å²) in [6.07, 6.45) is 0.